The fourth-order valence-corrected chi connectivity index (χ4v) is 3.79. The minimum absolute atomic E-state index is 0.0272. The molecular weight excluding hydrogens is 392 g/mol. The minimum Gasteiger partial charge on any atom is -0.494 e. The Balaban J connectivity index is 1.79. The summed E-state index contributed by atoms with van der Waals surface area (Å²) >= 11 is 0. The highest BCUT2D eigenvalue weighted by Gasteiger charge is 2.25. The van der Waals surface area contributed by atoms with Gasteiger partial charge in [-0.2, -0.15) is 0 Å². The molecule has 0 fully saturated rings. The Morgan fingerprint density at radius 1 is 1.26 bits per heavy atom. The number of aromatic amines is 2. The van der Waals surface area contributed by atoms with E-state index < -0.39 is 0 Å². The number of carbonyl (C=O) groups is 1. The third-order valence-corrected chi connectivity index (χ3v) is 5.26. The zero-order valence-electron chi connectivity index (χ0n) is 17.9. The number of nitrogens with one attached hydrogen (secondary N) is 3. The van der Waals surface area contributed by atoms with Crippen LogP contribution >= 0.6 is 0 Å². The van der Waals surface area contributed by atoms with Crippen molar-refractivity contribution in [3.8, 4) is 0 Å². The first-order valence-corrected chi connectivity index (χ1v) is 10.2. The van der Waals surface area contributed by atoms with Crippen molar-refractivity contribution in [3.05, 3.63) is 76.1 Å². The van der Waals surface area contributed by atoms with Crippen molar-refractivity contribution in [1.82, 2.24) is 15.3 Å². The van der Waals surface area contributed by atoms with E-state index in [1.807, 2.05) is 50.3 Å². The van der Waals surface area contributed by atoms with Gasteiger partial charge in [0.15, 0.2) is 0 Å². The van der Waals surface area contributed by atoms with Gasteiger partial charge in [-0.15, -0.1) is 0 Å². The molecule has 2 aromatic heterocycles. The molecular formula is C24H26N4O3. The van der Waals surface area contributed by atoms with E-state index in [0.29, 0.717) is 41.4 Å². The standard InChI is InChI=1S/C24H26N4O3/c1-14-11-15(2)26-18(14)12-19-21(31-3)13-20(27-19)23-22(24(30)25-9-6-10-29)16-7-4-5-8-17(16)28-23/h4-5,7-8,11-13,26,28-29H,6,9-10H2,1-3H3,(H,25,30)/b19-12-. The normalized spacial score (nSPS) is 14.8. The molecule has 7 nitrogen and oxygen atoms in total. The average molecular weight is 418 g/mol. The molecule has 0 saturated heterocycles. The summed E-state index contributed by atoms with van der Waals surface area (Å²) in [5.74, 6) is 0.427. The van der Waals surface area contributed by atoms with Crippen molar-refractivity contribution < 1.29 is 14.6 Å². The van der Waals surface area contributed by atoms with Gasteiger partial charge in [-0.1, -0.05) is 18.2 Å². The topological polar surface area (TPSA) is 102 Å². The van der Waals surface area contributed by atoms with Gasteiger partial charge in [0.05, 0.1) is 24.1 Å². The SMILES string of the molecule is COC1=CC(c2[nH]c3ccccc3c2C(=O)NCCCO)=N/C1=C\c1[nH]c(C)cc1C. The highest BCUT2D eigenvalue weighted by molar-refractivity contribution is 6.21. The summed E-state index contributed by atoms with van der Waals surface area (Å²) in [7, 11) is 1.61. The quantitative estimate of drug-likeness (QED) is 0.441. The van der Waals surface area contributed by atoms with Gasteiger partial charge in [-0.3, -0.25) is 4.79 Å². The number of H-pyrrole nitrogens is 2. The fourth-order valence-electron chi connectivity index (χ4n) is 3.79. The number of methoxy groups -OCH3 is 1. The molecule has 1 aromatic carbocycles. The van der Waals surface area contributed by atoms with Crippen LogP contribution in [-0.4, -0.2) is 47.0 Å². The van der Waals surface area contributed by atoms with Crippen LogP contribution in [0.2, 0.25) is 0 Å². The number of fused-ring (bicyclic) bond motifs is 1. The summed E-state index contributed by atoms with van der Waals surface area (Å²) in [6, 6.07) is 9.74. The maximum absolute atomic E-state index is 13.0. The maximum atomic E-state index is 13.0. The van der Waals surface area contributed by atoms with Crippen LogP contribution in [0, 0.1) is 13.8 Å². The summed E-state index contributed by atoms with van der Waals surface area (Å²) in [6.45, 7) is 4.48. The zero-order valence-corrected chi connectivity index (χ0v) is 17.9. The molecule has 4 rings (SSSR count). The lowest BCUT2D eigenvalue weighted by Gasteiger charge is -2.05. The second kappa shape index (κ2) is 8.65. The number of rotatable bonds is 7. The summed E-state index contributed by atoms with van der Waals surface area (Å²) in [5, 5.41) is 12.7. The van der Waals surface area contributed by atoms with Crippen LogP contribution in [0.3, 0.4) is 0 Å². The lowest BCUT2D eigenvalue weighted by atomic mass is 10.1. The summed E-state index contributed by atoms with van der Waals surface area (Å²) in [6.07, 6.45) is 4.29. The number of aliphatic hydroxyl groups excluding tert-OH is 1. The number of aliphatic imine (C=N–C) groups is 1. The molecule has 4 N–H and O–H groups in total. The van der Waals surface area contributed by atoms with E-state index in [-0.39, 0.29) is 12.5 Å². The largest absolute Gasteiger partial charge is 0.494 e. The monoisotopic (exact) mass is 418 g/mol. The molecule has 160 valence electrons. The third-order valence-electron chi connectivity index (χ3n) is 5.26. The first kappa shape index (κ1) is 20.7. The van der Waals surface area contributed by atoms with Crippen molar-refractivity contribution in [3.63, 3.8) is 0 Å². The number of para-hydroxylation sites is 1. The summed E-state index contributed by atoms with van der Waals surface area (Å²) in [4.78, 5) is 24.5. The van der Waals surface area contributed by atoms with Crippen LogP contribution in [0.5, 0.6) is 0 Å². The second-order valence-electron chi connectivity index (χ2n) is 7.54. The number of benzene rings is 1. The first-order chi connectivity index (χ1) is 15.0. The van der Waals surface area contributed by atoms with Crippen molar-refractivity contribution in [1.29, 1.82) is 0 Å². The molecule has 0 saturated carbocycles. The van der Waals surface area contributed by atoms with Crippen LogP contribution in [0.25, 0.3) is 17.0 Å². The first-order valence-electron chi connectivity index (χ1n) is 10.2. The second-order valence-corrected chi connectivity index (χ2v) is 7.54. The number of aliphatic hydroxyl groups is 1. The van der Waals surface area contributed by atoms with E-state index in [1.54, 1.807) is 7.11 Å². The molecule has 0 bridgehead atoms. The van der Waals surface area contributed by atoms with E-state index >= 15 is 0 Å². The number of ether oxygens (including phenoxy) is 1. The van der Waals surface area contributed by atoms with Crippen LogP contribution in [0.1, 0.15) is 39.4 Å². The van der Waals surface area contributed by atoms with Crippen molar-refractivity contribution in [2.24, 2.45) is 4.99 Å². The van der Waals surface area contributed by atoms with E-state index in [0.717, 1.165) is 27.9 Å². The number of nitrogens with zero attached hydrogens (tertiary/aromatic N) is 1. The molecule has 1 amide bonds. The minimum atomic E-state index is -0.204. The molecule has 7 heteroatoms. The highest BCUT2D eigenvalue weighted by atomic mass is 16.5. The van der Waals surface area contributed by atoms with Gasteiger partial charge in [-0.25, -0.2) is 4.99 Å². The number of allylic oxidation sites excluding steroid dienone is 1. The number of carbonyl (C=O) groups excluding carboxylic acids is 1. The zero-order chi connectivity index (χ0) is 22.0. The van der Waals surface area contributed by atoms with Gasteiger partial charge in [0.2, 0.25) is 0 Å². The Morgan fingerprint density at radius 2 is 2.06 bits per heavy atom. The molecule has 31 heavy (non-hydrogen) atoms. The van der Waals surface area contributed by atoms with Crippen molar-refractivity contribution in [2.75, 3.05) is 20.3 Å². The van der Waals surface area contributed by atoms with Crippen LogP contribution in [0.4, 0.5) is 0 Å². The molecule has 0 atom stereocenters. The summed E-state index contributed by atoms with van der Waals surface area (Å²) in [5.41, 5.74) is 6.52. The molecule has 1 aliphatic heterocycles. The van der Waals surface area contributed by atoms with Crippen molar-refractivity contribution >= 4 is 28.6 Å². The lowest BCUT2D eigenvalue weighted by Crippen LogP contribution is -2.26. The Morgan fingerprint density at radius 3 is 2.77 bits per heavy atom. The Hall–Kier alpha value is -3.58. The molecule has 0 aliphatic carbocycles. The van der Waals surface area contributed by atoms with Gasteiger partial charge in [0.25, 0.3) is 5.91 Å². The number of aryl methyl sites for hydroxylation is 2. The third kappa shape index (κ3) is 4.04. The van der Waals surface area contributed by atoms with Gasteiger partial charge in [0.1, 0.15) is 11.5 Å². The van der Waals surface area contributed by atoms with Gasteiger partial charge in [0, 0.05) is 41.5 Å². The van der Waals surface area contributed by atoms with E-state index in [4.69, 9.17) is 14.8 Å². The molecule has 3 heterocycles. The van der Waals surface area contributed by atoms with Gasteiger partial charge < -0.3 is 25.1 Å². The smallest absolute Gasteiger partial charge is 0.254 e. The Labute approximate surface area is 180 Å². The van der Waals surface area contributed by atoms with Crippen LogP contribution in [0.15, 0.2) is 52.9 Å². The molecule has 0 unspecified atom stereocenters. The number of aromatic nitrogens is 2. The fraction of sp³-hybridized carbons (Fsp3) is 0.250. The number of hydrogen-bond donors (Lipinski definition) is 4. The summed E-state index contributed by atoms with van der Waals surface area (Å²) < 4.78 is 5.57. The molecule has 0 radical (unpaired) electrons. The Bertz CT molecular complexity index is 1230. The highest BCUT2D eigenvalue weighted by Crippen LogP contribution is 2.30. The van der Waals surface area contributed by atoms with Crippen LogP contribution < -0.4 is 5.32 Å². The Kier molecular flexibility index (Phi) is 5.77. The van der Waals surface area contributed by atoms with E-state index in [2.05, 4.69) is 21.4 Å². The van der Waals surface area contributed by atoms with Crippen molar-refractivity contribution in [2.45, 2.75) is 20.3 Å². The van der Waals surface area contributed by atoms with Crippen LogP contribution in [-0.2, 0) is 4.74 Å². The molecule has 1 aliphatic rings. The van der Waals surface area contributed by atoms with Gasteiger partial charge in [-0.05, 0) is 44.0 Å². The van der Waals surface area contributed by atoms with Gasteiger partial charge >= 0.3 is 0 Å². The number of amides is 1. The number of hydrogen-bond acceptors (Lipinski definition) is 4. The molecule has 3 aromatic rings. The van der Waals surface area contributed by atoms with E-state index in [1.165, 1.54) is 0 Å². The maximum Gasteiger partial charge on any atom is 0.254 e. The molecule has 0 spiro atoms. The average Bonchev–Trinajstić information content (AvgIpc) is 3.42. The predicted octanol–water partition coefficient (Wildman–Crippen LogP) is 3.60. The van der Waals surface area contributed by atoms with E-state index in [9.17, 15) is 4.79 Å². The predicted molar refractivity (Wildman–Crippen MR) is 122 cm³/mol. The lowest BCUT2D eigenvalue weighted by molar-refractivity contribution is 0.0952.